The quantitative estimate of drug-likeness (QED) is 0.276. The summed E-state index contributed by atoms with van der Waals surface area (Å²) in [4.78, 5) is 29.2. The number of pyridine rings is 1. The fourth-order valence-electron chi connectivity index (χ4n) is 4.12. The van der Waals surface area contributed by atoms with Gasteiger partial charge in [0.05, 0.1) is 24.4 Å². The summed E-state index contributed by atoms with van der Waals surface area (Å²) in [7, 11) is 1.43. The summed E-state index contributed by atoms with van der Waals surface area (Å²) in [5.74, 6) is 0.854. The van der Waals surface area contributed by atoms with Crippen LogP contribution in [0.25, 0.3) is 11.3 Å². The molecule has 1 aliphatic rings. The number of carbonyl (C=O) groups is 2. The van der Waals surface area contributed by atoms with Gasteiger partial charge in [0.2, 0.25) is 5.88 Å². The number of methoxy groups -OCH3 is 1. The van der Waals surface area contributed by atoms with Gasteiger partial charge in [-0.1, -0.05) is 30.3 Å². The zero-order chi connectivity index (χ0) is 25.2. The van der Waals surface area contributed by atoms with E-state index in [0.29, 0.717) is 36.3 Å². The molecule has 1 amide bonds. The van der Waals surface area contributed by atoms with E-state index >= 15 is 0 Å². The summed E-state index contributed by atoms with van der Waals surface area (Å²) in [5.41, 5.74) is 8.37. The monoisotopic (exact) mass is 500 g/mol. The molecule has 0 spiro atoms. The molecule has 9 heteroatoms. The number of thiol groups is 1. The second-order valence-corrected chi connectivity index (χ2v) is 9.35. The molecule has 190 valence electrons. The second-order valence-electron chi connectivity index (χ2n) is 8.98. The predicted molar refractivity (Wildman–Crippen MR) is 141 cm³/mol. The van der Waals surface area contributed by atoms with Gasteiger partial charge < -0.3 is 25.8 Å². The highest BCUT2D eigenvalue weighted by Crippen LogP contribution is 2.30. The van der Waals surface area contributed by atoms with Crippen LogP contribution in [0, 0.1) is 11.8 Å². The van der Waals surface area contributed by atoms with Crippen molar-refractivity contribution < 1.29 is 19.1 Å². The highest BCUT2D eigenvalue weighted by atomic mass is 32.1. The summed E-state index contributed by atoms with van der Waals surface area (Å²) in [5, 5.41) is 6.25. The van der Waals surface area contributed by atoms with Crippen LogP contribution in [-0.4, -0.2) is 55.0 Å². The summed E-state index contributed by atoms with van der Waals surface area (Å²) < 4.78 is 10.9. The van der Waals surface area contributed by atoms with Crippen LogP contribution in [0.4, 0.5) is 5.69 Å². The SMILES string of the molecule is COC(=O)C1CCC(CNC(=O)[C@@H](C)Oc2nc(-c3ccccc3)ccc2NCC(N)CS)CC1. The van der Waals surface area contributed by atoms with E-state index in [0.717, 1.165) is 36.9 Å². The first-order valence-electron chi connectivity index (χ1n) is 12.1. The van der Waals surface area contributed by atoms with E-state index in [2.05, 4.69) is 28.2 Å². The topological polar surface area (TPSA) is 116 Å². The molecule has 2 atom stereocenters. The highest BCUT2D eigenvalue weighted by molar-refractivity contribution is 7.80. The number of hydrogen-bond donors (Lipinski definition) is 4. The molecule has 3 rings (SSSR count). The van der Waals surface area contributed by atoms with E-state index in [1.54, 1.807) is 6.92 Å². The fourth-order valence-corrected chi connectivity index (χ4v) is 4.25. The van der Waals surface area contributed by atoms with Gasteiger partial charge >= 0.3 is 5.97 Å². The molecule has 1 heterocycles. The number of carbonyl (C=O) groups excluding carboxylic acids is 2. The van der Waals surface area contributed by atoms with Crippen molar-refractivity contribution in [2.75, 3.05) is 31.3 Å². The molecule has 2 aromatic rings. The minimum Gasteiger partial charge on any atom is -0.469 e. The molecule has 35 heavy (non-hydrogen) atoms. The third-order valence-electron chi connectivity index (χ3n) is 6.32. The Labute approximate surface area is 212 Å². The van der Waals surface area contributed by atoms with Crippen LogP contribution in [0.3, 0.4) is 0 Å². The first-order chi connectivity index (χ1) is 16.9. The van der Waals surface area contributed by atoms with Gasteiger partial charge in [-0.15, -0.1) is 0 Å². The van der Waals surface area contributed by atoms with Crippen LogP contribution in [0.5, 0.6) is 5.88 Å². The van der Waals surface area contributed by atoms with Gasteiger partial charge in [0.15, 0.2) is 6.10 Å². The van der Waals surface area contributed by atoms with Crippen molar-refractivity contribution in [1.82, 2.24) is 10.3 Å². The van der Waals surface area contributed by atoms with Crippen LogP contribution in [0.1, 0.15) is 32.6 Å². The van der Waals surface area contributed by atoms with Crippen LogP contribution in [0.2, 0.25) is 0 Å². The molecule has 8 nitrogen and oxygen atoms in total. The number of anilines is 1. The number of nitrogens with two attached hydrogens (primary N) is 1. The van der Waals surface area contributed by atoms with Crippen molar-refractivity contribution in [1.29, 1.82) is 0 Å². The minimum atomic E-state index is -0.737. The maximum atomic E-state index is 12.8. The van der Waals surface area contributed by atoms with E-state index in [-0.39, 0.29) is 23.8 Å². The van der Waals surface area contributed by atoms with Gasteiger partial charge in [-0.2, -0.15) is 12.6 Å². The number of ether oxygens (including phenoxy) is 2. The molecule has 1 unspecified atom stereocenters. The minimum absolute atomic E-state index is 0.0289. The molecule has 0 bridgehead atoms. The number of aromatic nitrogens is 1. The van der Waals surface area contributed by atoms with E-state index in [1.165, 1.54) is 7.11 Å². The molecule has 1 fully saturated rings. The lowest BCUT2D eigenvalue weighted by atomic mass is 9.82. The van der Waals surface area contributed by atoms with Gasteiger partial charge in [0.25, 0.3) is 5.91 Å². The Kier molecular flexibility index (Phi) is 10.2. The summed E-state index contributed by atoms with van der Waals surface area (Å²) >= 11 is 4.23. The molecule has 0 aliphatic heterocycles. The fraction of sp³-hybridized carbons (Fsp3) is 0.500. The maximum Gasteiger partial charge on any atom is 0.308 e. The second kappa shape index (κ2) is 13.3. The Morgan fingerprint density at radius 2 is 1.86 bits per heavy atom. The number of hydrogen-bond acceptors (Lipinski definition) is 8. The number of rotatable bonds is 11. The third-order valence-corrected chi connectivity index (χ3v) is 6.79. The molecule has 4 N–H and O–H groups in total. The molecular weight excluding hydrogens is 464 g/mol. The van der Waals surface area contributed by atoms with Crippen LogP contribution >= 0.6 is 12.6 Å². The number of nitrogens with one attached hydrogen (secondary N) is 2. The first kappa shape index (κ1) is 26.8. The molecule has 0 radical (unpaired) electrons. The van der Waals surface area contributed by atoms with Crippen molar-refractivity contribution in [3.05, 3.63) is 42.5 Å². The Morgan fingerprint density at radius 3 is 2.51 bits per heavy atom. The Hall–Kier alpha value is -2.78. The Balaban J connectivity index is 1.62. The molecule has 1 saturated carbocycles. The smallest absolute Gasteiger partial charge is 0.308 e. The van der Waals surface area contributed by atoms with Gasteiger partial charge in [0.1, 0.15) is 0 Å². The lowest BCUT2D eigenvalue weighted by molar-refractivity contribution is -0.146. The van der Waals surface area contributed by atoms with Gasteiger partial charge in [0, 0.05) is 30.4 Å². The number of amides is 1. The maximum absolute atomic E-state index is 12.8. The van der Waals surface area contributed by atoms with Gasteiger partial charge in [-0.3, -0.25) is 9.59 Å². The summed E-state index contributed by atoms with van der Waals surface area (Å²) in [6, 6.07) is 13.5. The highest BCUT2D eigenvalue weighted by Gasteiger charge is 2.27. The average Bonchev–Trinajstić information content (AvgIpc) is 2.90. The van der Waals surface area contributed by atoms with Crippen LogP contribution in [-0.2, 0) is 14.3 Å². The molecule has 0 saturated heterocycles. The van der Waals surface area contributed by atoms with Crippen LogP contribution in [0.15, 0.2) is 42.5 Å². The normalized spacial score (nSPS) is 19.3. The van der Waals surface area contributed by atoms with Crippen molar-refractivity contribution in [3.8, 4) is 17.1 Å². The Bertz CT molecular complexity index is 967. The molecular formula is C26H36N4O4S. The van der Waals surface area contributed by atoms with E-state index in [4.69, 9.17) is 15.2 Å². The predicted octanol–water partition coefficient (Wildman–Crippen LogP) is 3.28. The zero-order valence-electron chi connectivity index (χ0n) is 20.4. The first-order valence-corrected chi connectivity index (χ1v) is 12.7. The number of esters is 1. The summed E-state index contributed by atoms with van der Waals surface area (Å²) in [6.45, 7) is 2.77. The Morgan fingerprint density at radius 1 is 1.14 bits per heavy atom. The lowest BCUT2D eigenvalue weighted by Crippen LogP contribution is -2.40. The van der Waals surface area contributed by atoms with Crippen LogP contribution < -0.4 is 21.1 Å². The van der Waals surface area contributed by atoms with E-state index in [9.17, 15) is 9.59 Å². The van der Waals surface area contributed by atoms with Gasteiger partial charge in [-0.05, 0) is 50.7 Å². The van der Waals surface area contributed by atoms with Crippen molar-refractivity contribution in [3.63, 3.8) is 0 Å². The van der Waals surface area contributed by atoms with E-state index < -0.39 is 6.10 Å². The zero-order valence-corrected chi connectivity index (χ0v) is 21.3. The molecule has 1 aliphatic carbocycles. The largest absolute Gasteiger partial charge is 0.469 e. The standard InChI is InChI=1S/C26H36N4O4S/c1-17(24(31)29-14-18-8-10-20(11-9-18)26(32)33-2)34-25-23(28-15-21(27)16-35)13-12-22(30-25)19-6-4-3-5-7-19/h3-7,12-13,17-18,20-21,28,35H,8-11,14-16,27H2,1-2H3,(H,29,31)/t17-,18?,20?,21?/m1/s1. The number of nitrogens with zero attached hydrogens (tertiary/aromatic N) is 1. The van der Waals surface area contributed by atoms with Crippen molar-refractivity contribution in [2.45, 2.75) is 44.8 Å². The van der Waals surface area contributed by atoms with Gasteiger partial charge in [-0.25, -0.2) is 4.98 Å². The molecule has 1 aromatic heterocycles. The average molecular weight is 501 g/mol. The third kappa shape index (κ3) is 7.86. The van der Waals surface area contributed by atoms with Crippen molar-refractivity contribution >= 4 is 30.2 Å². The van der Waals surface area contributed by atoms with Crippen molar-refractivity contribution in [2.24, 2.45) is 17.6 Å². The lowest BCUT2D eigenvalue weighted by Gasteiger charge is -2.27. The summed E-state index contributed by atoms with van der Waals surface area (Å²) in [6.07, 6.45) is 2.61. The molecule has 1 aromatic carbocycles. The number of benzene rings is 1. The van der Waals surface area contributed by atoms with E-state index in [1.807, 2.05) is 42.5 Å².